The highest BCUT2D eigenvalue weighted by Crippen LogP contribution is 2.30. The number of aliphatic hydroxyl groups excluding tert-OH is 1. The summed E-state index contributed by atoms with van der Waals surface area (Å²) < 4.78 is 4.72. The topological polar surface area (TPSA) is 222 Å². The number of carbonyl (C=O) groups excluding carboxylic acids is 1. The van der Waals surface area contributed by atoms with Gasteiger partial charge in [0, 0.05) is 17.5 Å². The molecule has 0 amide bonds. The van der Waals surface area contributed by atoms with Crippen molar-refractivity contribution in [2.75, 3.05) is 6.61 Å². The van der Waals surface area contributed by atoms with Gasteiger partial charge in [0.25, 0.3) is 5.69 Å². The van der Waals surface area contributed by atoms with Crippen LogP contribution in [0.25, 0.3) is 0 Å². The van der Waals surface area contributed by atoms with Crippen molar-refractivity contribution in [2.45, 2.75) is 44.3 Å². The Kier molecular flexibility index (Phi) is 11.8. The minimum atomic E-state index is -2.74. The monoisotopic (exact) mass is 479 g/mol. The quantitative estimate of drug-likeness (QED) is 0.172. The summed E-state index contributed by atoms with van der Waals surface area (Å²) in [6.45, 7) is 1.93. The van der Waals surface area contributed by atoms with E-state index in [1.807, 2.05) is 0 Å². The number of aliphatic carboxylic acids is 3. The van der Waals surface area contributed by atoms with Gasteiger partial charge in [0.1, 0.15) is 0 Å². The number of hydrogen-bond acceptors (Lipinski definition) is 9. The van der Waals surface area contributed by atoms with Crippen LogP contribution in [-0.4, -0.2) is 66.5 Å². The number of benzene rings is 1. The Hall–Kier alpha value is -3.29. The Morgan fingerprint density at radius 2 is 1.69 bits per heavy atom. The molecule has 0 bridgehead atoms. The standard InChI is InChI=1S/C12H14ClNO5.C6H8O7/c1-2-19-12(16)6-5-11(15)9-7-8(13)3-4-10(9)14(17)18;7-3(8)1-6(13,5(11)12)2-4(9)10/h3-4,7,11,15H,2,5-6H2,1H3;13H,1-2H2,(H,7,8)(H,9,10)(H,11,12). The molecule has 1 rings (SSSR count). The minimum Gasteiger partial charge on any atom is -0.481 e. The van der Waals surface area contributed by atoms with Crippen LogP contribution in [0.5, 0.6) is 0 Å². The fraction of sp³-hybridized carbons (Fsp3) is 0.444. The molecule has 0 aliphatic carbocycles. The van der Waals surface area contributed by atoms with Crippen molar-refractivity contribution in [3.05, 3.63) is 38.9 Å². The van der Waals surface area contributed by atoms with E-state index in [1.54, 1.807) is 6.92 Å². The van der Waals surface area contributed by atoms with Crippen LogP contribution >= 0.6 is 11.6 Å². The van der Waals surface area contributed by atoms with E-state index in [9.17, 15) is 34.4 Å². The highest BCUT2D eigenvalue weighted by atomic mass is 35.5. The maximum absolute atomic E-state index is 11.2. The Labute approximate surface area is 186 Å². The third-order valence-corrected chi connectivity index (χ3v) is 3.99. The average Bonchev–Trinajstić information content (AvgIpc) is 2.65. The molecular weight excluding hydrogens is 458 g/mol. The maximum Gasteiger partial charge on any atom is 0.336 e. The lowest BCUT2D eigenvalue weighted by Gasteiger charge is -2.18. The van der Waals surface area contributed by atoms with Crippen molar-refractivity contribution in [1.29, 1.82) is 0 Å². The molecule has 5 N–H and O–H groups in total. The van der Waals surface area contributed by atoms with Crippen LogP contribution in [0.4, 0.5) is 5.69 Å². The van der Waals surface area contributed by atoms with E-state index in [2.05, 4.69) is 0 Å². The van der Waals surface area contributed by atoms with E-state index in [-0.39, 0.29) is 35.7 Å². The maximum atomic E-state index is 11.2. The summed E-state index contributed by atoms with van der Waals surface area (Å²) in [5, 5.41) is 54.9. The van der Waals surface area contributed by atoms with Gasteiger partial charge < -0.3 is 30.3 Å². The molecule has 1 aromatic carbocycles. The van der Waals surface area contributed by atoms with Crippen molar-refractivity contribution in [1.82, 2.24) is 0 Å². The van der Waals surface area contributed by atoms with Crippen LogP contribution in [0.15, 0.2) is 18.2 Å². The van der Waals surface area contributed by atoms with Crippen molar-refractivity contribution in [2.24, 2.45) is 0 Å². The van der Waals surface area contributed by atoms with E-state index in [1.165, 1.54) is 18.2 Å². The van der Waals surface area contributed by atoms with Gasteiger partial charge in [0.05, 0.1) is 36.0 Å². The van der Waals surface area contributed by atoms with Crippen molar-refractivity contribution >= 4 is 41.2 Å². The number of carboxylic acid groups (broad SMARTS) is 3. The SMILES string of the molecule is CCOC(=O)CCC(O)c1cc(Cl)ccc1[N+](=O)[O-].O=C(O)CC(O)(CC(=O)O)C(=O)O. The number of nitro benzene ring substituents is 1. The normalized spacial score (nSPS) is 11.5. The van der Waals surface area contributed by atoms with Crippen LogP contribution in [0, 0.1) is 10.1 Å². The number of esters is 1. The van der Waals surface area contributed by atoms with Gasteiger partial charge in [-0.1, -0.05) is 11.6 Å². The van der Waals surface area contributed by atoms with Crippen LogP contribution in [-0.2, 0) is 23.9 Å². The zero-order chi connectivity index (χ0) is 25.1. The van der Waals surface area contributed by atoms with Gasteiger partial charge in [-0.3, -0.25) is 24.5 Å². The number of ether oxygens (including phenoxy) is 1. The molecule has 0 aliphatic heterocycles. The van der Waals surface area contributed by atoms with Crippen LogP contribution in [0.2, 0.25) is 5.02 Å². The molecule has 14 heteroatoms. The molecule has 0 saturated carbocycles. The van der Waals surface area contributed by atoms with E-state index in [0.29, 0.717) is 0 Å². The highest BCUT2D eigenvalue weighted by Gasteiger charge is 2.40. The summed E-state index contributed by atoms with van der Waals surface area (Å²) >= 11 is 5.75. The van der Waals surface area contributed by atoms with Gasteiger partial charge >= 0.3 is 23.9 Å². The average molecular weight is 480 g/mol. The second-order valence-corrected chi connectivity index (χ2v) is 6.73. The number of halogens is 1. The molecule has 0 heterocycles. The largest absolute Gasteiger partial charge is 0.481 e. The van der Waals surface area contributed by atoms with E-state index < -0.39 is 53.3 Å². The first-order valence-corrected chi connectivity index (χ1v) is 9.28. The van der Waals surface area contributed by atoms with Gasteiger partial charge in [0.15, 0.2) is 5.60 Å². The highest BCUT2D eigenvalue weighted by molar-refractivity contribution is 6.30. The molecule has 1 unspecified atom stereocenters. The summed E-state index contributed by atoms with van der Waals surface area (Å²) in [5.74, 6) is -5.47. The van der Waals surface area contributed by atoms with E-state index in [4.69, 9.17) is 36.8 Å². The Balaban J connectivity index is 0.000000649. The van der Waals surface area contributed by atoms with Gasteiger partial charge in [-0.25, -0.2) is 4.79 Å². The molecule has 0 spiro atoms. The van der Waals surface area contributed by atoms with E-state index in [0.717, 1.165) is 0 Å². The minimum absolute atomic E-state index is 0.0152. The summed E-state index contributed by atoms with van der Waals surface area (Å²) in [6.07, 6.45) is -3.40. The summed E-state index contributed by atoms with van der Waals surface area (Å²) in [4.78, 5) is 51.9. The third kappa shape index (κ3) is 10.1. The van der Waals surface area contributed by atoms with Gasteiger partial charge in [-0.2, -0.15) is 0 Å². The first-order valence-electron chi connectivity index (χ1n) is 8.90. The number of carbonyl (C=O) groups is 4. The Bertz CT molecular complexity index is 840. The molecule has 0 saturated heterocycles. The van der Waals surface area contributed by atoms with Crippen molar-refractivity contribution in [3.63, 3.8) is 0 Å². The summed E-state index contributed by atoms with van der Waals surface area (Å²) in [6, 6.07) is 3.93. The Morgan fingerprint density at radius 1 is 1.16 bits per heavy atom. The van der Waals surface area contributed by atoms with Crippen LogP contribution in [0.1, 0.15) is 44.3 Å². The molecule has 1 aromatic rings. The zero-order valence-electron chi connectivity index (χ0n) is 16.8. The fourth-order valence-corrected chi connectivity index (χ4v) is 2.50. The van der Waals surface area contributed by atoms with Crippen molar-refractivity contribution < 1.29 is 54.4 Å². The molecule has 0 radical (unpaired) electrons. The number of nitro groups is 1. The smallest absolute Gasteiger partial charge is 0.336 e. The number of rotatable bonds is 11. The summed E-state index contributed by atoms with van der Waals surface area (Å²) in [5.41, 5.74) is -2.86. The molecule has 0 aliphatic rings. The van der Waals surface area contributed by atoms with Crippen LogP contribution in [0.3, 0.4) is 0 Å². The van der Waals surface area contributed by atoms with Crippen molar-refractivity contribution in [3.8, 4) is 0 Å². The Morgan fingerprint density at radius 3 is 2.09 bits per heavy atom. The van der Waals surface area contributed by atoms with Gasteiger partial charge in [-0.15, -0.1) is 0 Å². The lowest BCUT2D eigenvalue weighted by molar-refractivity contribution is -0.386. The molecule has 32 heavy (non-hydrogen) atoms. The number of carboxylic acids is 3. The van der Waals surface area contributed by atoms with Gasteiger partial charge in [-0.05, 0) is 25.5 Å². The predicted molar refractivity (Wildman–Crippen MR) is 106 cm³/mol. The second kappa shape index (κ2) is 13.2. The first-order chi connectivity index (χ1) is 14.7. The lowest BCUT2D eigenvalue weighted by Crippen LogP contribution is -2.42. The second-order valence-electron chi connectivity index (χ2n) is 6.30. The number of aliphatic hydroxyl groups is 2. The molecule has 0 aromatic heterocycles. The van der Waals surface area contributed by atoms with Crippen LogP contribution < -0.4 is 0 Å². The molecule has 178 valence electrons. The third-order valence-electron chi connectivity index (χ3n) is 3.76. The molecular formula is C18H22ClNO12. The zero-order valence-corrected chi connectivity index (χ0v) is 17.5. The molecule has 1 atom stereocenters. The number of hydrogen-bond donors (Lipinski definition) is 5. The fourth-order valence-electron chi connectivity index (χ4n) is 2.32. The van der Waals surface area contributed by atoms with E-state index >= 15 is 0 Å². The van der Waals surface area contributed by atoms with Gasteiger partial charge in [0.2, 0.25) is 0 Å². The number of nitrogens with zero attached hydrogens (tertiary/aromatic N) is 1. The molecule has 0 fully saturated rings. The summed E-state index contributed by atoms with van der Waals surface area (Å²) in [7, 11) is 0. The lowest BCUT2D eigenvalue weighted by atomic mass is 9.96. The predicted octanol–water partition coefficient (Wildman–Crippen LogP) is 1.38. The molecule has 13 nitrogen and oxygen atoms in total. The first kappa shape index (κ1) is 28.7.